The molecule has 0 saturated heterocycles. The van der Waals surface area contributed by atoms with Crippen molar-refractivity contribution in [1.82, 2.24) is 15.6 Å². The number of amides is 2. The molecule has 0 unspecified atom stereocenters. The van der Waals surface area contributed by atoms with Crippen LogP contribution in [-0.2, 0) is 14.2 Å². The molecule has 33 heavy (non-hydrogen) atoms. The molecular weight excluding hydrogens is 436 g/mol. The molecular formula is C21H26N4O8. The van der Waals surface area contributed by atoms with Crippen LogP contribution in [0.25, 0.3) is 0 Å². The van der Waals surface area contributed by atoms with E-state index in [1.165, 1.54) is 30.5 Å². The number of aromatic nitrogens is 1. The number of hydrogen-bond acceptors (Lipinski definition) is 9. The Morgan fingerprint density at radius 2 is 1.48 bits per heavy atom. The van der Waals surface area contributed by atoms with Crippen LogP contribution < -0.4 is 15.4 Å². The number of ether oxygens (including phenoxy) is 4. The maximum atomic E-state index is 11.8. The van der Waals surface area contributed by atoms with Crippen molar-refractivity contribution in [2.75, 3.05) is 52.7 Å². The highest BCUT2D eigenvalue weighted by atomic mass is 16.6. The maximum absolute atomic E-state index is 11.8. The van der Waals surface area contributed by atoms with Gasteiger partial charge in [-0.3, -0.25) is 19.9 Å². The van der Waals surface area contributed by atoms with Gasteiger partial charge >= 0.3 is 6.09 Å². The van der Waals surface area contributed by atoms with Gasteiger partial charge in [-0.25, -0.2) is 4.79 Å². The van der Waals surface area contributed by atoms with Gasteiger partial charge in [-0.1, -0.05) is 0 Å². The van der Waals surface area contributed by atoms with Gasteiger partial charge in [0.15, 0.2) is 0 Å². The van der Waals surface area contributed by atoms with Crippen LogP contribution in [0.2, 0.25) is 0 Å². The van der Waals surface area contributed by atoms with Crippen LogP contribution in [0.15, 0.2) is 48.8 Å². The number of carbonyl (C=O) groups is 2. The van der Waals surface area contributed by atoms with Crippen LogP contribution in [0.3, 0.4) is 0 Å². The summed E-state index contributed by atoms with van der Waals surface area (Å²) in [6, 6.07) is 8.56. The van der Waals surface area contributed by atoms with Crippen LogP contribution in [-0.4, -0.2) is 74.6 Å². The molecule has 1 heterocycles. The Bertz CT molecular complexity index is 864. The molecule has 0 spiro atoms. The summed E-state index contributed by atoms with van der Waals surface area (Å²) in [5.74, 6) is -0.000267. The average Bonchev–Trinajstić information content (AvgIpc) is 2.82. The third kappa shape index (κ3) is 11.0. The number of nitro benzene ring substituents is 1. The molecule has 2 amide bonds. The van der Waals surface area contributed by atoms with Gasteiger partial charge in [-0.15, -0.1) is 0 Å². The van der Waals surface area contributed by atoms with Gasteiger partial charge in [0.25, 0.3) is 11.6 Å². The Balaban J connectivity index is 1.36. The molecule has 0 fully saturated rings. The smallest absolute Gasteiger partial charge is 0.410 e. The standard InChI is InChI=1S/C21H26N4O8/c26-20(17-2-1-7-22-16-17)23-8-10-30-12-14-32-15-13-31-11-9-24-21(27)33-19-5-3-18(4-6-19)25(28)29/h1-7,16H,8-15H2,(H,23,26)(H,24,27). The number of non-ortho nitro benzene ring substituents is 1. The zero-order valence-electron chi connectivity index (χ0n) is 17.9. The molecule has 0 bridgehead atoms. The fourth-order valence-corrected chi connectivity index (χ4v) is 2.38. The Kier molecular flexibility index (Phi) is 11.8. The SMILES string of the molecule is O=C(NCCOCCOCCOCCNC(=O)c1cccnc1)Oc1ccc([N+](=O)[O-])cc1. The van der Waals surface area contributed by atoms with Gasteiger partial charge in [0.05, 0.1) is 50.1 Å². The normalized spacial score (nSPS) is 10.4. The minimum atomic E-state index is -0.683. The van der Waals surface area contributed by atoms with Crippen LogP contribution in [0.4, 0.5) is 10.5 Å². The Morgan fingerprint density at radius 3 is 2.06 bits per heavy atom. The summed E-state index contributed by atoms with van der Waals surface area (Å²) in [5.41, 5.74) is 0.410. The van der Waals surface area contributed by atoms with Crippen molar-refractivity contribution < 1.29 is 33.5 Å². The number of hydrogen-bond donors (Lipinski definition) is 2. The van der Waals surface area contributed by atoms with Crippen LogP contribution in [0, 0.1) is 10.1 Å². The van der Waals surface area contributed by atoms with Crippen molar-refractivity contribution in [3.8, 4) is 5.75 Å². The predicted molar refractivity (Wildman–Crippen MR) is 116 cm³/mol. The first-order chi connectivity index (χ1) is 16.1. The monoisotopic (exact) mass is 462 g/mol. The van der Waals surface area contributed by atoms with E-state index >= 15 is 0 Å². The molecule has 12 heteroatoms. The highest BCUT2D eigenvalue weighted by molar-refractivity contribution is 5.93. The largest absolute Gasteiger partial charge is 0.412 e. The number of benzene rings is 1. The topological polar surface area (TPSA) is 151 Å². The fourth-order valence-electron chi connectivity index (χ4n) is 2.38. The van der Waals surface area contributed by atoms with E-state index in [0.717, 1.165) is 0 Å². The highest BCUT2D eigenvalue weighted by Gasteiger charge is 2.07. The van der Waals surface area contributed by atoms with Crippen molar-refractivity contribution in [3.05, 3.63) is 64.5 Å². The number of nitrogens with one attached hydrogen (secondary N) is 2. The number of pyridine rings is 1. The van der Waals surface area contributed by atoms with Gasteiger partial charge in [-0.05, 0) is 24.3 Å². The van der Waals surface area contributed by atoms with Crippen molar-refractivity contribution in [2.45, 2.75) is 0 Å². The van der Waals surface area contributed by atoms with E-state index in [1.54, 1.807) is 18.3 Å². The quantitative estimate of drug-likeness (QED) is 0.228. The molecule has 0 aliphatic rings. The first kappa shape index (κ1) is 25.6. The highest BCUT2D eigenvalue weighted by Crippen LogP contribution is 2.17. The average molecular weight is 462 g/mol. The lowest BCUT2D eigenvalue weighted by Crippen LogP contribution is -2.30. The number of nitrogens with zero attached hydrogens (tertiary/aromatic N) is 2. The van der Waals surface area contributed by atoms with Crippen molar-refractivity contribution in [2.24, 2.45) is 0 Å². The first-order valence-corrected chi connectivity index (χ1v) is 10.2. The maximum Gasteiger partial charge on any atom is 0.412 e. The molecule has 0 atom stereocenters. The Hall–Kier alpha value is -3.61. The second-order valence-corrected chi connectivity index (χ2v) is 6.40. The lowest BCUT2D eigenvalue weighted by Gasteiger charge is -2.08. The van der Waals surface area contributed by atoms with E-state index in [-0.39, 0.29) is 30.5 Å². The van der Waals surface area contributed by atoms with Crippen molar-refractivity contribution in [1.29, 1.82) is 0 Å². The second-order valence-electron chi connectivity index (χ2n) is 6.40. The summed E-state index contributed by atoms with van der Waals surface area (Å²) in [5, 5.41) is 15.8. The molecule has 0 aliphatic carbocycles. The summed E-state index contributed by atoms with van der Waals surface area (Å²) >= 11 is 0. The third-order valence-corrected chi connectivity index (χ3v) is 3.97. The van der Waals surface area contributed by atoms with Gasteiger partial charge in [-0.2, -0.15) is 0 Å². The van der Waals surface area contributed by atoms with Crippen LogP contribution in [0.5, 0.6) is 5.75 Å². The molecule has 2 rings (SSSR count). The molecule has 0 saturated carbocycles. The minimum absolute atomic E-state index is 0.0877. The molecule has 0 radical (unpaired) electrons. The van der Waals surface area contributed by atoms with Crippen molar-refractivity contribution >= 4 is 17.7 Å². The van der Waals surface area contributed by atoms with E-state index in [1.807, 2.05) is 0 Å². The van der Waals surface area contributed by atoms with Crippen LogP contribution >= 0.6 is 0 Å². The molecule has 0 aliphatic heterocycles. The van der Waals surface area contributed by atoms with Gasteiger partial charge in [0, 0.05) is 37.6 Å². The summed E-state index contributed by atoms with van der Waals surface area (Å²) in [4.78, 5) is 37.3. The Labute approximate surface area is 190 Å². The summed E-state index contributed by atoms with van der Waals surface area (Å²) in [6.07, 6.45) is 2.41. The number of nitro groups is 1. The van der Waals surface area contributed by atoms with E-state index in [2.05, 4.69) is 15.6 Å². The molecule has 1 aromatic carbocycles. The molecule has 1 aromatic heterocycles. The lowest BCUT2D eigenvalue weighted by atomic mass is 10.3. The molecule has 2 N–H and O–H groups in total. The molecule has 2 aromatic rings. The van der Waals surface area contributed by atoms with Gasteiger partial charge in [0.2, 0.25) is 0 Å². The zero-order chi connectivity index (χ0) is 23.7. The third-order valence-electron chi connectivity index (χ3n) is 3.97. The number of rotatable bonds is 15. The van der Waals surface area contributed by atoms with Gasteiger partial charge in [0.1, 0.15) is 5.75 Å². The predicted octanol–water partition coefficient (Wildman–Crippen LogP) is 1.56. The Morgan fingerprint density at radius 1 is 0.879 bits per heavy atom. The minimum Gasteiger partial charge on any atom is -0.410 e. The first-order valence-electron chi connectivity index (χ1n) is 10.2. The summed E-state index contributed by atoms with van der Waals surface area (Å²) in [7, 11) is 0. The lowest BCUT2D eigenvalue weighted by molar-refractivity contribution is -0.384. The van der Waals surface area contributed by atoms with E-state index < -0.39 is 11.0 Å². The van der Waals surface area contributed by atoms with E-state index in [9.17, 15) is 19.7 Å². The second kappa shape index (κ2) is 15.2. The van der Waals surface area contributed by atoms with E-state index in [0.29, 0.717) is 45.1 Å². The van der Waals surface area contributed by atoms with Crippen molar-refractivity contribution in [3.63, 3.8) is 0 Å². The fraction of sp³-hybridized carbons (Fsp3) is 0.381. The van der Waals surface area contributed by atoms with E-state index in [4.69, 9.17) is 18.9 Å². The summed E-state index contributed by atoms with van der Waals surface area (Å²) < 4.78 is 21.0. The number of carbonyl (C=O) groups excluding carboxylic acids is 2. The molecule has 12 nitrogen and oxygen atoms in total. The molecule has 178 valence electrons. The van der Waals surface area contributed by atoms with Crippen LogP contribution in [0.1, 0.15) is 10.4 Å². The summed E-state index contributed by atoms with van der Waals surface area (Å²) in [6.45, 7) is 2.75. The zero-order valence-corrected chi connectivity index (χ0v) is 17.9. The van der Waals surface area contributed by atoms with Gasteiger partial charge < -0.3 is 29.6 Å².